The average molecular weight is 383 g/mol. The number of carbonyl (C=O) groups is 3. The zero-order valence-electron chi connectivity index (χ0n) is 16.8. The van der Waals surface area contributed by atoms with Crippen LogP contribution < -0.4 is 0 Å². The fraction of sp³-hybridized carbons (Fsp3) is 0.625. The van der Waals surface area contributed by atoms with Crippen molar-refractivity contribution in [1.82, 2.24) is 0 Å². The molecule has 0 aromatic carbocycles. The van der Waals surface area contributed by atoms with E-state index in [2.05, 4.69) is 19.9 Å². The third kappa shape index (κ3) is 2.92. The summed E-state index contributed by atoms with van der Waals surface area (Å²) in [5, 5.41) is 8.77. The van der Waals surface area contributed by atoms with E-state index in [1.165, 1.54) is 11.6 Å². The standard InChI is InChI=1S/C24H30O4/c1-23-12-10-16(25)14-15(23)6-7-17-18-8-9-20(21(26)4-3-5-22(27)28)24(18,2)13-11-19(17)23/h3,5,10,12,14,17-20H,4,6-9,11,13H2,1-2H3,(H,27,28)/t17-,18-,19-,20+,23-,24-/m0/s1. The molecule has 4 nitrogen and oxygen atoms in total. The van der Waals surface area contributed by atoms with Gasteiger partial charge < -0.3 is 5.11 Å². The summed E-state index contributed by atoms with van der Waals surface area (Å²) in [5.41, 5.74) is 1.32. The van der Waals surface area contributed by atoms with Crippen LogP contribution >= 0.6 is 0 Å². The summed E-state index contributed by atoms with van der Waals surface area (Å²) in [5.74, 6) is 1.07. The molecule has 150 valence electrons. The predicted octanol–water partition coefficient (Wildman–Crippen LogP) is 4.51. The maximum absolute atomic E-state index is 12.9. The molecule has 3 fully saturated rings. The minimum Gasteiger partial charge on any atom is -0.478 e. The number of rotatable bonds is 4. The molecule has 4 aliphatic rings. The molecule has 0 heterocycles. The normalized spacial score (nSPS) is 41.9. The van der Waals surface area contributed by atoms with Crippen molar-refractivity contribution in [3.05, 3.63) is 36.0 Å². The smallest absolute Gasteiger partial charge is 0.327 e. The van der Waals surface area contributed by atoms with E-state index < -0.39 is 5.97 Å². The van der Waals surface area contributed by atoms with Crippen LogP contribution in [-0.4, -0.2) is 22.6 Å². The van der Waals surface area contributed by atoms with Crippen molar-refractivity contribution in [3.8, 4) is 0 Å². The van der Waals surface area contributed by atoms with Crippen LogP contribution in [0.1, 0.15) is 58.8 Å². The maximum atomic E-state index is 12.9. The Morgan fingerprint density at radius 1 is 1.18 bits per heavy atom. The van der Waals surface area contributed by atoms with Crippen LogP contribution in [0.3, 0.4) is 0 Å². The molecule has 1 N–H and O–H groups in total. The lowest BCUT2D eigenvalue weighted by atomic mass is 9.47. The van der Waals surface area contributed by atoms with Gasteiger partial charge in [0.05, 0.1) is 0 Å². The average Bonchev–Trinajstić information content (AvgIpc) is 2.99. The molecule has 4 rings (SSSR count). The summed E-state index contributed by atoms with van der Waals surface area (Å²) in [6.07, 6.45) is 14.8. The second-order valence-corrected chi connectivity index (χ2v) is 9.69. The Balaban J connectivity index is 1.55. The Kier molecular flexibility index (Phi) is 4.71. The van der Waals surface area contributed by atoms with E-state index in [0.29, 0.717) is 17.8 Å². The highest BCUT2D eigenvalue weighted by Gasteiger charge is 2.59. The molecular formula is C24H30O4. The molecule has 4 heteroatoms. The SMILES string of the molecule is C[C@]12CC[C@H]3[C@@H](CCC4=CC(=O)C=C[C@@]43C)[C@@H]1CC[C@@H]2C(=O)CC=CC(=O)O. The Hall–Kier alpha value is -1.97. The van der Waals surface area contributed by atoms with E-state index >= 15 is 0 Å². The number of hydrogen-bond acceptors (Lipinski definition) is 3. The zero-order chi connectivity index (χ0) is 20.1. The number of fused-ring (bicyclic) bond motifs is 5. The van der Waals surface area contributed by atoms with Gasteiger partial charge in [0.2, 0.25) is 0 Å². The van der Waals surface area contributed by atoms with Crippen LogP contribution in [-0.2, 0) is 14.4 Å². The maximum Gasteiger partial charge on any atom is 0.327 e. The van der Waals surface area contributed by atoms with Crippen LogP contribution in [0.15, 0.2) is 36.0 Å². The van der Waals surface area contributed by atoms with Crippen molar-refractivity contribution in [2.24, 2.45) is 34.5 Å². The molecule has 0 saturated heterocycles. The van der Waals surface area contributed by atoms with Crippen LogP contribution in [0.5, 0.6) is 0 Å². The fourth-order valence-corrected chi connectivity index (χ4v) is 7.14. The highest BCUT2D eigenvalue weighted by molar-refractivity contribution is 6.01. The van der Waals surface area contributed by atoms with E-state index in [9.17, 15) is 14.4 Å². The summed E-state index contributed by atoms with van der Waals surface area (Å²) in [4.78, 5) is 35.4. The number of ketones is 2. The number of allylic oxidation sites excluding steroid dienone is 5. The van der Waals surface area contributed by atoms with E-state index in [0.717, 1.165) is 44.6 Å². The molecule has 6 atom stereocenters. The monoisotopic (exact) mass is 382 g/mol. The first-order valence-corrected chi connectivity index (χ1v) is 10.6. The number of aliphatic carboxylic acids is 1. The van der Waals surface area contributed by atoms with Crippen LogP contribution in [0, 0.1) is 34.5 Å². The second-order valence-electron chi connectivity index (χ2n) is 9.69. The lowest BCUT2D eigenvalue weighted by Crippen LogP contribution is -2.50. The number of carboxylic acid groups (broad SMARTS) is 1. The van der Waals surface area contributed by atoms with Gasteiger partial charge in [0.1, 0.15) is 5.78 Å². The molecule has 28 heavy (non-hydrogen) atoms. The summed E-state index contributed by atoms with van der Waals surface area (Å²) >= 11 is 0. The zero-order valence-corrected chi connectivity index (χ0v) is 16.8. The second kappa shape index (κ2) is 6.82. The third-order valence-electron chi connectivity index (χ3n) is 8.52. The first-order chi connectivity index (χ1) is 13.3. The van der Waals surface area contributed by atoms with Gasteiger partial charge in [-0.15, -0.1) is 0 Å². The van der Waals surface area contributed by atoms with E-state index in [4.69, 9.17) is 5.11 Å². The van der Waals surface area contributed by atoms with Crippen molar-refractivity contribution in [1.29, 1.82) is 0 Å². The molecule has 0 radical (unpaired) electrons. The van der Waals surface area contributed by atoms with Crippen LogP contribution in [0.4, 0.5) is 0 Å². The van der Waals surface area contributed by atoms with Gasteiger partial charge in [-0.25, -0.2) is 4.79 Å². The minimum atomic E-state index is -0.998. The minimum absolute atomic E-state index is 0.00945. The fourth-order valence-electron chi connectivity index (χ4n) is 7.14. The lowest BCUT2D eigenvalue weighted by molar-refractivity contribution is -0.131. The predicted molar refractivity (Wildman–Crippen MR) is 107 cm³/mol. The number of carboxylic acids is 1. The van der Waals surface area contributed by atoms with Gasteiger partial charge in [0.15, 0.2) is 5.78 Å². The molecule has 4 aliphatic carbocycles. The Morgan fingerprint density at radius 3 is 2.71 bits per heavy atom. The van der Waals surface area contributed by atoms with Crippen molar-refractivity contribution >= 4 is 17.5 Å². The summed E-state index contributed by atoms with van der Waals surface area (Å²) in [6.45, 7) is 4.60. The van der Waals surface area contributed by atoms with Crippen LogP contribution in [0.25, 0.3) is 0 Å². The lowest BCUT2D eigenvalue weighted by Gasteiger charge is -2.57. The summed E-state index contributed by atoms with van der Waals surface area (Å²) < 4.78 is 0. The third-order valence-corrected chi connectivity index (χ3v) is 8.52. The first kappa shape index (κ1) is 19.4. The molecule has 0 aromatic rings. The molecule has 0 aliphatic heterocycles. The molecular weight excluding hydrogens is 352 g/mol. The number of Topliss-reactive ketones (excluding diaryl/α,β-unsaturated/α-hetero) is 1. The Bertz CT molecular complexity index is 803. The van der Waals surface area contributed by atoms with Gasteiger partial charge in [-0.1, -0.05) is 31.6 Å². The van der Waals surface area contributed by atoms with E-state index in [1.54, 1.807) is 6.08 Å². The molecule has 0 unspecified atom stereocenters. The van der Waals surface area contributed by atoms with E-state index in [1.807, 2.05) is 6.08 Å². The van der Waals surface area contributed by atoms with Gasteiger partial charge in [-0.2, -0.15) is 0 Å². The van der Waals surface area contributed by atoms with E-state index in [-0.39, 0.29) is 34.7 Å². The number of carbonyl (C=O) groups excluding carboxylic acids is 2. The van der Waals surface area contributed by atoms with Crippen LogP contribution in [0.2, 0.25) is 0 Å². The highest BCUT2D eigenvalue weighted by atomic mass is 16.4. The molecule has 0 spiro atoms. The Labute approximate surface area is 166 Å². The van der Waals surface area contributed by atoms with Crippen molar-refractivity contribution < 1.29 is 19.5 Å². The van der Waals surface area contributed by atoms with Crippen molar-refractivity contribution in [2.45, 2.75) is 58.8 Å². The summed E-state index contributed by atoms with van der Waals surface area (Å²) in [6, 6.07) is 0. The van der Waals surface area contributed by atoms with Gasteiger partial charge in [0, 0.05) is 23.8 Å². The van der Waals surface area contributed by atoms with Crippen molar-refractivity contribution in [2.75, 3.05) is 0 Å². The molecule has 3 saturated carbocycles. The van der Waals surface area contributed by atoms with Gasteiger partial charge in [0.25, 0.3) is 0 Å². The molecule has 0 aromatic heterocycles. The highest BCUT2D eigenvalue weighted by Crippen LogP contribution is 2.66. The van der Waals surface area contributed by atoms with Gasteiger partial charge >= 0.3 is 5.97 Å². The first-order valence-electron chi connectivity index (χ1n) is 10.6. The topological polar surface area (TPSA) is 71.4 Å². The molecule has 0 amide bonds. The Morgan fingerprint density at radius 2 is 1.96 bits per heavy atom. The van der Waals surface area contributed by atoms with Gasteiger partial charge in [-0.3, -0.25) is 9.59 Å². The summed E-state index contributed by atoms with van der Waals surface area (Å²) in [7, 11) is 0. The number of hydrogen-bond donors (Lipinski definition) is 1. The van der Waals surface area contributed by atoms with Gasteiger partial charge in [-0.05, 0) is 73.8 Å². The largest absolute Gasteiger partial charge is 0.478 e. The molecule has 0 bridgehead atoms. The quantitative estimate of drug-likeness (QED) is 0.726. The van der Waals surface area contributed by atoms with Crippen molar-refractivity contribution in [3.63, 3.8) is 0 Å².